The van der Waals surface area contributed by atoms with Gasteiger partial charge >= 0.3 is 0 Å². The van der Waals surface area contributed by atoms with Gasteiger partial charge < -0.3 is 19.5 Å². The van der Waals surface area contributed by atoms with Crippen molar-refractivity contribution in [1.82, 2.24) is 15.1 Å². The third-order valence-corrected chi connectivity index (χ3v) is 5.13. The molecule has 3 rings (SSSR count). The zero-order chi connectivity index (χ0) is 18.5. The summed E-state index contributed by atoms with van der Waals surface area (Å²) in [5.74, 6) is -0.125. The minimum absolute atomic E-state index is 0.00564. The van der Waals surface area contributed by atoms with Crippen LogP contribution in [0.15, 0.2) is 22.8 Å². The van der Waals surface area contributed by atoms with Crippen LogP contribution in [0.25, 0.3) is 0 Å². The number of piperazine rings is 1. The predicted molar refractivity (Wildman–Crippen MR) is 95.3 cm³/mol. The van der Waals surface area contributed by atoms with Gasteiger partial charge in [-0.3, -0.25) is 14.4 Å². The highest BCUT2D eigenvalue weighted by Gasteiger charge is 2.49. The maximum absolute atomic E-state index is 12.6. The van der Waals surface area contributed by atoms with E-state index in [4.69, 9.17) is 4.42 Å². The van der Waals surface area contributed by atoms with E-state index in [1.807, 2.05) is 0 Å². The molecule has 2 atom stereocenters. The number of carbonyl (C=O) groups excluding carboxylic acids is 3. The molecule has 2 fully saturated rings. The molecule has 2 unspecified atom stereocenters. The van der Waals surface area contributed by atoms with Crippen LogP contribution in [0.3, 0.4) is 0 Å². The standard InChI is InChI=1S/C19H27N3O4/c1-2-3-4-7-20-17(23)14-13-15(14)18(24)21-8-10-22(11-9-21)19(25)16-6-5-12-26-16/h5-6,12,14-15H,2-4,7-11,13H2,1H3,(H,20,23). The first-order chi connectivity index (χ1) is 12.6. The molecule has 0 radical (unpaired) electrons. The predicted octanol–water partition coefficient (Wildman–Crippen LogP) is 1.51. The smallest absolute Gasteiger partial charge is 0.289 e. The van der Waals surface area contributed by atoms with Crippen molar-refractivity contribution in [1.29, 1.82) is 0 Å². The van der Waals surface area contributed by atoms with Crippen molar-refractivity contribution in [2.45, 2.75) is 32.6 Å². The third-order valence-electron chi connectivity index (χ3n) is 5.13. The van der Waals surface area contributed by atoms with E-state index in [0.717, 1.165) is 19.3 Å². The third kappa shape index (κ3) is 4.26. The number of amides is 3. The highest BCUT2D eigenvalue weighted by molar-refractivity contribution is 5.93. The Labute approximate surface area is 153 Å². The van der Waals surface area contributed by atoms with Crippen LogP contribution in [0.2, 0.25) is 0 Å². The molecular weight excluding hydrogens is 334 g/mol. The molecule has 0 spiro atoms. The van der Waals surface area contributed by atoms with E-state index in [1.165, 1.54) is 6.26 Å². The molecule has 3 amide bonds. The second-order valence-corrected chi connectivity index (χ2v) is 7.04. The van der Waals surface area contributed by atoms with E-state index < -0.39 is 0 Å². The van der Waals surface area contributed by atoms with Crippen molar-refractivity contribution < 1.29 is 18.8 Å². The van der Waals surface area contributed by atoms with Gasteiger partial charge in [0.25, 0.3) is 5.91 Å². The lowest BCUT2D eigenvalue weighted by Crippen LogP contribution is -2.51. The van der Waals surface area contributed by atoms with Crippen LogP contribution in [0.5, 0.6) is 0 Å². The second-order valence-electron chi connectivity index (χ2n) is 7.04. The SMILES string of the molecule is CCCCCNC(=O)C1CC1C(=O)N1CCN(C(=O)c2ccco2)CC1. The summed E-state index contributed by atoms with van der Waals surface area (Å²) >= 11 is 0. The Bertz CT molecular complexity index is 635. The van der Waals surface area contributed by atoms with Crippen LogP contribution in [0.4, 0.5) is 0 Å². The highest BCUT2D eigenvalue weighted by Crippen LogP contribution is 2.40. The lowest BCUT2D eigenvalue weighted by atomic mass is 10.2. The van der Waals surface area contributed by atoms with Gasteiger partial charge in [0, 0.05) is 32.7 Å². The summed E-state index contributed by atoms with van der Waals surface area (Å²) in [7, 11) is 0. The Morgan fingerprint density at radius 3 is 2.50 bits per heavy atom. The van der Waals surface area contributed by atoms with E-state index in [0.29, 0.717) is 44.9 Å². The molecule has 2 aliphatic rings. The molecule has 1 aliphatic heterocycles. The Balaban J connectivity index is 1.40. The largest absolute Gasteiger partial charge is 0.459 e. The molecule has 7 heteroatoms. The van der Waals surface area contributed by atoms with Crippen LogP contribution in [0, 0.1) is 11.8 Å². The van der Waals surface area contributed by atoms with Crippen molar-refractivity contribution >= 4 is 17.7 Å². The fourth-order valence-corrected chi connectivity index (χ4v) is 3.40. The van der Waals surface area contributed by atoms with E-state index in [1.54, 1.807) is 21.9 Å². The summed E-state index contributed by atoms with van der Waals surface area (Å²) in [4.78, 5) is 40.4. The minimum atomic E-state index is -0.187. The maximum Gasteiger partial charge on any atom is 0.289 e. The first-order valence-electron chi connectivity index (χ1n) is 9.51. The topological polar surface area (TPSA) is 82.9 Å². The van der Waals surface area contributed by atoms with Crippen LogP contribution in [-0.2, 0) is 9.59 Å². The van der Waals surface area contributed by atoms with E-state index in [-0.39, 0.29) is 29.6 Å². The first-order valence-corrected chi connectivity index (χ1v) is 9.51. The van der Waals surface area contributed by atoms with Gasteiger partial charge in [-0.05, 0) is 25.0 Å². The summed E-state index contributed by atoms with van der Waals surface area (Å²) in [5.41, 5.74) is 0. The number of rotatable bonds is 7. The molecule has 0 bridgehead atoms. The van der Waals surface area contributed by atoms with Crippen molar-refractivity contribution in [2.24, 2.45) is 11.8 Å². The van der Waals surface area contributed by atoms with Gasteiger partial charge in [0.15, 0.2) is 5.76 Å². The number of carbonyl (C=O) groups is 3. The second kappa shape index (κ2) is 8.38. The molecule has 2 heterocycles. The lowest BCUT2D eigenvalue weighted by molar-refractivity contribution is -0.136. The summed E-state index contributed by atoms with van der Waals surface area (Å²) in [6.45, 7) is 4.81. The number of hydrogen-bond acceptors (Lipinski definition) is 4. The van der Waals surface area contributed by atoms with E-state index in [2.05, 4.69) is 12.2 Å². The molecule has 1 aromatic rings. The Morgan fingerprint density at radius 2 is 1.85 bits per heavy atom. The molecule has 1 N–H and O–H groups in total. The van der Waals surface area contributed by atoms with Crippen molar-refractivity contribution in [3.63, 3.8) is 0 Å². The Kier molecular flexibility index (Phi) is 5.96. The Hall–Kier alpha value is -2.31. The number of unbranched alkanes of at least 4 members (excludes halogenated alkanes) is 2. The van der Waals surface area contributed by atoms with E-state index >= 15 is 0 Å². The van der Waals surface area contributed by atoms with Crippen LogP contribution < -0.4 is 5.32 Å². The first kappa shape index (κ1) is 18.5. The number of nitrogens with zero attached hydrogens (tertiary/aromatic N) is 2. The molecular formula is C19H27N3O4. The zero-order valence-corrected chi connectivity index (χ0v) is 15.3. The number of nitrogens with one attached hydrogen (secondary N) is 1. The van der Waals surface area contributed by atoms with Gasteiger partial charge in [-0.2, -0.15) is 0 Å². The summed E-state index contributed by atoms with van der Waals surface area (Å²) in [6.07, 6.45) is 5.33. The minimum Gasteiger partial charge on any atom is -0.459 e. The molecule has 142 valence electrons. The number of furan rings is 1. The van der Waals surface area contributed by atoms with Gasteiger partial charge in [0.1, 0.15) is 0 Å². The molecule has 7 nitrogen and oxygen atoms in total. The van der Waals surface area contributed by atoms with Gasteiger partial charge in [0.05, 0.1) is 18.1 Å². The van der Waals surface area contributed by atoms with Gasteiger partial charge in [-0.1, -0.05) is 19.8 Å². The van der Waals surface area contributed by atoms with Crippen LogP contribution >= 0.6 is 0 Å². The summed E-state index contributed by atoms with van der Waals surface area (Å²) < 4.78 is 5.14. The maximum atomic E-state index is 12.6. The van der Waals surface area contributed by atoms with Gasteiger partial charge in [-0.25, -0.2) is 0 Å². The molecule has 1 saturated heterocycles. The van der Waals surface area contributed by atoms with Crippen molar-refractivity contribution in [3.05, 3.63) is 24.2 Å². The van der Waals surface area contributed by atoms with Crippen LogP contribution in [-0.4, -0.2) is 60.2 Å². The van der Waals surface area contributed by atoms with Crippen LogP contribution in [0.1, 0.15) is 43.2 Å². The van der Waals surface area contributed by atoms with Crippen molar-refractivity contribution in [3.8, 4) is 0 Å². The zero-order valence-electron chi connectivity index (χ0n) is 15.3. The fraction of sp³-hybridized carbons (Fsp3) is 0.632. The van der Waals surface area contributed by atoms with Gasteiger partial charge in [0.2, 0.25) is 11.8 Å². The molecule has 0 aromatic carbocycles. The number of hydrogen-bond donors (Lipinski definition) is 1. The quantitative estimate of drug-likeness (QED) is 0.746. The molecule has 26 heavy (non-hydrogen) atoms. The van der Waals surface area contributed by atoms with E-state index in [9.17, 15) is 14.4 Å². The molecule has 1 aliphatic carbocycles. The normalized spacial score (nSPS) is 22.2. The molecule has 1 saturated carbocycles. The summed E-state index contributed by atoms with van der Waals surface area (Å²) in [5, 5.41) is 2.93. The average molecular weight is 361 g/mol. The van der Waals surface area contributed by atoms with Crippen molar-refractivity contribution in [2.75, 3.05) is 32.7 Å². The molecule has 1 aromatic heterocycles. The lowest BCUT2D eigenvalue weighted by Gasteiger charge is -2.34. The Morgan fingerprint density at radius 1 is 1.12 bits per heavy atom. The fourth-order valence-electron chi connectivity index (χ4n) is 3.40. The summed E-state index contributed by atoms with van der Waals surface area (Å²) in [6, 6.07) is 3.33. The van der Waals surface area contributed by atoms with Gasteiger partial charge in [-0.15, -0.1) is 0 Å². The average Bonchev–Trinajstić information content (AvgIpc) is 3.28. The monoisotopic (exact) mass is 361 g/mol. The highest BCUT2D eigenvalue weighted by atomic mass is 16.3.